The predicted molar refractivity (Wildman–Crippen MR) is 130 cm³/mol. The number of hydrogen-bond acceptors (Lipinski definition) is 5. The highest BCUT2D eigenvalue weighted by atomic mass is 16.5. The molecule has 2 aromatic carbocycles. The molecule has 1 N–H and O–H groups in total. The van der Waals surface area contributed by atoms with Crippen LogP contribution in [0.2, 0.25) is 0 Å². The van der Waals surface area contributed by atoms with Gasteiger partial charge in [0.2, 0.25) is 11.8 Å². The first-order valence-corrected chi connectivity index (χ1v) is 11.5. The number of carbonyl (C=O) groups excluding carboxylic acids is 3. The van der Waals surface area contributed by atoms with Gasteiger partial charge >= 0.3 is 5.97 Å². The molecule has 7 heteroatoms. The van der Waals surface area contributed by atoms with Gasteiger partial charge in [-0.25, -0.2) is 0 Å². The monoisotopic (exact) mass is 449 g/mol. The number of hydrogen-bond donors (Lipinski definition) is 1. The average Bonchev–Trinajstić information content (AvgIpc) is 2.93. The molecule has 174 valence electrons. The van der Waals surface area contributed by atoms with Crippen molar-refractivity contribution >= 4 is 34.9 Å². The number of benzodiazepines with no additional fused rings is 1. The molecular weight excluding hydrogens is 418 g/mol. The summed E-state index contributed by atoms with van der Waals surface area (Å²) in [5.41, 5.74) is 3.91. The fraction of sp³-hybridized carbons (Fsp3) is 0.385. The molecule has 0 saturated carbocycles. The Kier molecular flexibility index (Phi) is 8.75. The van der Waals surface area contributed by atoms with E-state index in [4.69, 9.17) is 4.74 Å². The summed E-state index contributed by atoms with van der Waals surface area (Å²) in [6.45, 7) is 2.29. The number of ether oxygens (including phenoxy) is 1. The van der Waals surface area contributed by atoms with Crippen molar-refractivity contribution in [3.05, 3.63) is 59.7 Å². The molecule has 2 aromatic rings. The van der Waals surface area contributed by atoms with Crippen LogP contribution >= 0.6 is 0 Å². The molecule has 0 radical (unpaired) electrons. The van der Waals surface area contributed by atoms with Crippen LogP contribution in [0, 0.1) is 0 Å². The van der Waals surface area contributed by atoms with Crippen molar-refractivity contribution in [1.29, 1.82) is 0 Å². The molecule has 0 aromatic heterocycles. The zero-order valence-electron chi connectivity index (χ0n) is 19.3. The third-order valence-corrected chi connectivity index (χ3v) is 5.53. The predicted octanol–water partition coefficient (Wildman–Crippen LogP) is 4.34. The minimum Gasteiger partial charge on any atom is -0.466 e. The first-order valence-electron chi connectivity index (χ1n) is 11.5. The van der Waals surface area contributed by atoms with E-state index in [1.165, 1.54) is 0 Å². The summed E-state index contributed by atoms with van der Waals surface area (Å²) in [6, 6.07) is 15.3. The Labute approximate surface area is 194 Å². The van der Waals surface area contributed by atoms with Crippen LogP contribution < -0.4 is 10.2 Å². The van der Waals surface area contributed by atoms with Gasteiger partial charge in [-0.05, 0) is 38.0 Å². The van der Waals surface area contributed by atoms with E-state index in [2.05, 4.69) is 10.3 Å². The number of benzene rings is 2. The van der Waals surface area contributed by atoms with Crippen LogP contribution in [0.15, 0.2) is 53.5 Å². The zero-order chi connectivity index (χ0) is 23.6. The van der Waals surface area contributed by atoms with Crippen LogP contribution in [0.5, 0.6) is 0 Å². The molecule has 0 aliphatic carbocycles. The molecule has 3 rings (SSSR count). The minimum atomic E-state index is -0.163. The lowest BCUT2D eigenvalue weighted by Gasteiger charge is -2.19. The van der Waals surface area contributed by atoms with Crippen molar-refractivity contribution in [1.82, 2.24) is 0 Å². The van der Waals surface area contributed by atoms with E-state index >= 15 is 0 Å². The smallest absolute Gasteiger partial charge is 0.305 e. The number of carbonyl (C=O) groups is 3. The maximum atomic E-state index is 12.5. The topological polar surface area (TPSA) is 88.1 Å². The Morgan fingerprint density at radius 3 is 2.48 bits per heavy atom. The molecule has 7 nitrogen and oxygen atoms in total. The Hall–Kier alpha value is -3.48. The van der Waals surface area contributed by atoms with E-state index < -0.39 is 0 Å². The second-order valence-electron chi connectivity index (χ2n) is 7.98. The molecule has 2 amide bonds. The quantitative estimate of drug-likeness (QED) is 0.432. The van der Waals surface area contributed by atoms with E-state index in [0.717, 1.165) is 48.2 Å². The summed E-state index contributed by atoms with van der Waals surface area (Å²) in [5, 5.41) is 2.96. The summed E-state index contributed by atoms with van der Waals surface area (Å²) >= 11 is 0. The van der Waals surface area contributed by atoms with Crippen molar-refractivity contribution in [2.45, 2.75) is 45.4 Å². The van der Waals surface area contributed by atoms with E-state index in [9.17, 15) is 14.4 Å². The van der Waals surface area contributed by atoms with Gasteiger partial charge in [0.25, 0.3) is 0 Å². The van der Waals surface area contributed by atoms with Gasteiger partial charge < -0.3 is 15.0 Å². The third-order valence-electron chi connectivity index (χ3n) is 5.53. The summed E-state index contributed by atoms with van der Waals surface area (Å²) in [6.07, 6.45) is 4.15. The van der Waals surface area contributed by atoms with Gasteiger partial charge in [0, 0.05) is 36.7 Å². The molecule has 0 atom stereocenters. The maximum Gasteiger partial charge on any atom is 0.305 e. The van der Waals surface area contributed by atoms with Gasteiger partial charge in [-0.1, -0.05) is 43.2 Å². The van der Waals surface area contributed by atoms with Crippen LogP contribution in [0.25, 0.3) is 0 Å². The molecule has 0 saturated heterocycles. The van der Waals surface area contributed by atoms with Crippen LogP contribution in [0.4, 0.5) is 11.4 Å². The van der Waals surface area contributed by atoms with Crippen molar-refractivity contribution in [2.24, 2.45) is 4.99 Å². The van der Waals surface area contributed by atoms with Crippen LogP contribution in [0.1, 0.15) is 56.6 Å². The number of likely N-dealkylation sites (N-methyl/N-ethyl adjacent to an activating group) is 1. The lowest BCUT2D eigenvalue weighted by atomic mass is 9.99. The molecule has 0 bridgehead atoms. The lowest BCUT2D eigenvalue weighted by Crippen LogP contribution is -2.27. The number of amides is 2. The van der Waals surface area contributed by atoms with Gasteiger partial charge in [-0.2, -0.15) is 0 Å². The molecule has 1 aliphatic heterocycles. The molecule has 0 spiro atoms. The number of rotatable bonds is 10. The lowest BCUT2D eigenvalue weighted by molar-refractivity contribution is -0.143. The van der Waals surface area contributed by atoms with Crippen molar-refractivity contribution in [2.75, 3.05) is 30.4 Å². The molecule has 1 heterocycles. The first-order chi connectivity index (χ1) is 16.0. The third kappa shape index (κ3) is 6.75. The fourth-order valence-electron chi connectivity index (χ4n) is 3.78. The zero-order valence-corrected chi connectivity index (χ0v) is 19.3. The summed E-state index contributed by atoms with van der Waals surface area (Å²) in [5.74, 6) is -0.303. The van der Waals surface area contributed by atoms with Gasteiger partial charge in [0.15, 0.2) is 0 Å². The normalized spacial score (nSPS) is 13.1. The number of nitrogens with one attached hydrogen (secondary N) is 1. The second-order valence-corrected chi connectivity index (χ2v) is 7.98. The first kappa shape index (κ1) is 24.2. The van der Waals surface area contributed by atoms with Gasteiger partial charge in [0.05, 0.1) is 18.0 Å². The number of anilines is 2. The number of esters is 1. The highest BCUT2D eigenvalue weighted by Gasteiger charge is 2.23. The van der Waals surface area contributed by atoms with Crippen LogP contribution in [-0.2, 0) is 19.1 Å². The van der Waals surface area contributed by atoms with Crippen molar-refractivity contribution in [3.63, 3.8) is 0 Å². The summed E-state index contributed by atoms with van der Waals surface area (Å²) in [4.78, 5) is 42.4. The van der Waals surface area contributed by atoms with Gasteiger partial charge in [0.1, 0.15) is 6.54 Å². The standard InChI is InChI=1S/C26H31N3O4/c1-3-33-25(32)14-10-5-4-9-13-23(30)28-20-15-16-22-21(17-20)26(19-11-7-6-8-12-19)27-18-24(31)29(22)2/h6-8,11-12,15-17H,3-5,9-10,13-14,18H2,1-2H3,(H,28,30). The van der Waals surface area contributed by atoms with E-state index in [-0.39, 0.29) is 24.3 Å². The van der Waals surface area contributed by atoms with Crippen molar-refractivity contribution < 1.29 is 19.1 Å². The molecule has 1 aliphatic rings. The number of nitrogens with zero attached hydrogens (tertiary/aromatic N) is 2. The highest BCUT2D eigenvalue weighted by molar-refractivity contribution is 6.20. The Morgan fingerprint density at radius 1 is 1.03 bits per heavy atom. The van der Waals surface area contributed by atoms with E-state index in [0.29, 0.717) is 25.1 Å². The molecule has 33 heavy (non-hydrogen) atoms. The maximum absolute atomic E-state index is 12.5. The molecule has 0 unspecified atom stereocenters. The van der Waals surface area contributed by atoms with E-state index in [1.54, 1.807) is 18.9 Å². The number of fused-ring (bicyclic) bond motifs is 1. The van der Waals surface area contributed by atoms with Crippen LogP contribution in [0.3, 0.4) is 0 Å². The van der Waals surface area contributed by atoms with Gasteiger partial charge in [-0.3, -0.25) is 19.4 Å². The minimum absolute atomic E-state index is 0.0587. The summed E-state index contributed by atoms with van der Waals surface area (Å²) < 4.78 is 4.92. The Balaban J connectivity index is 1.61. The molecule has 0 fully saturated rings. The van der Waals surface area contributed by atoms with Crippen LogP contribution in [-0.4, -0.2) is 43.7 Å². The highest BCUT2D eigenvalue weighted by Crippen LogP contribution is 2.29. The SMILES string of the molecule is CCOC(=O)CCCCCCC(=O)Nc1ccc2c(c1)C(c1ccccc1)=NCC(=O)N2C. The van der Waals surface area contributed by atoms with E-state index in [1.807, 2.05) is 48.5 Å². The second kappa shape index (κ2) is 11.9. The Bertz CT molecular complexity index is 1020. The largest absolute Gasteiger partial charge is 0.466 e. The number of aliphatic imine (C=N–C) groups is 1. The Morgan fingerprint density at radius 2 is 1.76 bits per heavy atom. The van der Waals surface area contributed by atoms with Crippen molar-refractivity contribution in [3.8, 4) is 0 Å². The number of unbranched alkanes of at least 4 members (excludes halogenated alkanes) is 3. The fourth-order valence-corrected chi connectivity index (χ4v) is 3.78. The average molecular weight is 450 g/mol. The summed E-state index contributed by atoms with van der Waals surface area (Å²) in [7, 11) is 1.74. The van der Waals surface area contributed by atoms with Gasteiger partial charge in [-0.15, -0.1) is 0 Å². The molecular formula is C26H31N3O4.